The molecule has 0 aliphatic heterocycles. The quantitative estimate of drug-likeness (QED) is 0.358. The lowest BCUT2D eigenvalue weighted by atomic mass is 10.0. The van der Waals surface area contributed by atoms with Gasteiger partial charge in [-0.3, -0.25) is 4.79 Å². The Kier molecular flexibility index (Phi) is 3.53. The number of ether oxygens (including phenoxy) is 1. The van der Waals surface area contributed by atoms with Gasteiger partial charge < -0.3 is 4.74 Å². The van der Waals surface area contributed by atoms with E-state index in [1.54, 1.807) is 12.1 Å². The third-order valence-corrected chi connectivity index (χ3v) is 2.55. The molecule has 0 bridgehead atoms. The number of hydrogen-bond donors (Lipinski definition) is 0. The van der Waals surface area contributed by atoms with Crippen molar-refractivity contribution in [3.8, 4) is 16.9 Å². The van der Waals surface area contributed by atoms with Gasteiger partial charge in [0.05, 0.1) is 0 Å². The van der Waals surface area contributed by atoms with Crippen LogP contribution in [0.15, 0.2) is 48.5 Å². The summed E-state index contributed by atoms with van der Waals surface area (Å²) in [5.74, 6) is -0.527. The molecule has 0 aliphatic carbocycles. The van der Waals surface area contributed by atoms with Crippen LogP contribution in [0, 0.1) is 6.92 Å². The zero-order valence-corrected chi connectivity index (χ0v) is 9.92. The van der Waals surface area contributed by atoms with E-state index in [-0.39, 0.29) is 6.29 Å². The first-order valence-corrected chi connectivity index (χ1v) is 5.53. The van der Waals surface area contributed by atoms with Gasteiger partial charge in [0.2, 0.25) is 6.29 Å². The summed E-state index contributed by atoms with van der Waals surface area (Å²) >= 11 is 0. The minimum atomic E-state index is -0.891. The molecule has 3 heteroatoms. The van der Waals surface area contributed by atoms with Crippen LogP contribution in [-0.2, 0) is 9.59 Å². The fourth-order valence-corrected chi connectivity index (χ4v) is 1.60. The van der Waals surface area contributed by atoms with E-state index < -0.39 is 5.97 Å². The van der Waals surface area contributed by atoms with Crippen LogP contribution in [0.4, 0.5) is 0 Å². The number of aldehydes is 1. The summed E-state index contributed by atoms with van der Waals surface area (Å²) in [6, 6.07) is 15.2. The maximum atomic E-state index is 10.8. The van der Waals surface area contributed by atoms with Crippen molar-refractivity contribution >= 4 is 12.3 Å². The predicted octanol–water partition coefficient (Wildman–Crippen LogP) is 2.77. The second-order valence-corrected chi connectivity index (χ2v) is 3.93. The zero-order valence-electron chi connectivity index (χ0n) is 9.92. The molecule has 3 nitrogen and oxygen atoms in total. The molecular weight excluding hydrogens is 228 g/mol. The molecule has 0 aliphatic rings. The van der Waals surface area contributed by atoms with E-state index in [0.717, 1.165) is 11.1 Å². The van der Waals surface area contributed by atoms with Crippen molar-refractivity contribution in [2.45, 2.75) is 6.92 Å². The summed E-state index contributed by atoms with van der Waals surface area (Å²) < 4.78 is 4.77. The Morgan fingerprint density at radius 3 is 1.94 bits per heavy atom. The molecule has 0 spiro atoms. The van der Waals surface area contributed by atoms with Gasteiger partial charge in [-0.15, -0.1) is 0 Å². The highest BCUT2D eigenvalue weighted by Gasteiger charge is 2.03. The lowest BCUT2D eigenvalue weighted by Crippen LogP contribution is -2.08. The minimum absolute atomic E-state index is 0.147. The van der Waals surface area contributed by atoms with Crippen LogP contribution >= 0.6 is 0 Å². The van der Waals surface area contributed by atoms with Crippen molar-refractivity contribution in [3.63, 3.8) is 0 Å². The first-order valence-electron chi connectivity index (χ1n) is 5.53. The number of carbonyl (C=O) groups is 2. The molecule has 2 aromatic carbocycles. The lowest BCUT2D eigenvalue weighted by molar-refractivity contribution is -0.141. The number of rotatable bonds is 3. The molecule has 90 valence electrons. The summed E-state index contributed by atoms with van der Waals surface area (Å²) in [6.45, 7) is 2.03. The molecule has 2 aromatic rings. The number of esters is 1. The molecule has 0 N–H and O–H groups in total. The number of benzene rings is 2. The Bertz CT molecular complexity index is 553. The highest BCUT2D eigenvalue weighted by molar-refractivity contribution is 6.21. The van der Waals surface area contributed by atoms with Crippen LogP contribution in [0.1, 0.15) is 5.56 Å². The molecule has 2 rings (SSSR count). The minimum Gasteiger partial charge on any atom is -0.421 e. The van der Waals surface area contributed by atoms with Crippen molar-refractivity contribution < 1.29 is 14.3 Å². The summed E-state index contributed by atoms with van der Waals surface area (Å²) in [5.41, 5.74) is 3.32. The van der Waals surface area contributed by atoms with Gasteiger partial charge >= 0.3 is 5.97 Å². The van der Waals surface area contributed by atoms with E-state index >= 15 is 0 Å². The Morgan fingerprint density at radius 1 is 0.944 bits per heavy atom. The molecule has 0 fully saturated rings. The van der Waals surface area contributed by atoms with E-state index in [0.29, 0.717) is 5.75 Å². The fourth-order valence-electron chi connectivity index (χ4n) is 1.60. The second-order valence-electron chi connectivity index (χ2n) is 3.93. The van der Waals surface area contributed by atoms with Gasteiger partial charge in [-0.25, -0.2) is 4.79 Å². The zero-order chi connectivity index (χ0) is 13.0. The van der Waals surface area contributed by atoms with Crippen LogP contribution < -0.4 is 4.74 Å². The third-order valence-electron chi connectivity index (χ3n) is 2.55. The molecule has 0 aromatic heterocycles. The summed E-state index contributed by atoms with van der Waals surface area (Å²) in [5, 5.41) is 0. The molecule has 0 saturated heterocycles. The average Bonchev–Trinajstić information content (AvgIpc) is 2.40. The Morgan fingerprint density at radius 2 is 1.44 bits per heavy atom. The Hall–Kier alpha value is -2.42. The number of aryl methyl sites for hydroxylation is 1. The second kappa shape index (κ2) is 5.27. The SMILES string of the molecule is Cc1ccc(-c2ccc(OC(=O)C=O)cc2)cc1. The molecular formula is C15H12O3. The van der Waals surface area contributed by atoms with Crippen LogP contribution in [0.3, 0.4) is 0 Å². The molecule has 18 heavy (non-hydrogen) atoms. The highest BCUT2D eigenvalue weighted by atomic mass is 16.5. The van der Waals surface area contributed by atoms with Gasteiger partial charge in [-0.2, -0.15) is 0 Å². The van der Waals surface area contributed by atoms with E-state index in [9.17, 15) is 9.59 Å². The van der Waals surface area contributed by atoms with Gasteiger partial charge in [-0.1, -0.05) is 42.0 Å². The highest BCUT2D eigenvalue weighted by Crippen LogP contribution is 2.22. The summed E-state index contributed by atoms with van der Waals surface area (Å²) in [4.78, 5) is 20.9. The normalized spacial score (nSPS) is 9.83. The van der Waals surface area contributed by atoms with Crippen molar-refractivity contribution in [2.75, 3.05) is 0 Å². The van der Waals surface area contributed by atoms with Crippen LogP contribution in [-0.4, -0.2) is 12.3 Å². The number of carbonyl (C=O) groups excluding carboxylic acids is 2. The van der Waals surface area contributed by atoms with Crippen LogP contribution in [0.2, 0.25) is 0 Å². The summed E-state index contributed by atoms with van der Waals surface area (Å²) in [6.07, 6.45) is 0.147. The van der Waals surface area contributed by atoms with Crippen LogP contribution in [0.25, 0.3) is 11.1 Å². The van der Waals surface area contributed by atoms with Crippen molar-refractivity contribution in [3.05, 3.63) is 54.1 Å². The van der Waals surface area contributed by atoms with Gasteiger partial charge in [0, 0.05) is 0 Å². The maximum Gasteiger partial charge on any atom is 0.376 e. The van der Waals surface area contributed by atoms with E-state index in [4.69, 9.17) is 4.74 Å². The van der Waals surface area contributed by atoms with Gasteiger partial charge in [0.15, 0.2) is 0 Å². The largest absolute Gasteiger partial charge is 0.421 e. The average molecular weight is 240 g/mol. The first-order chi connectivity index (χ1) is 8.69. The molecule has 0 unspecified atom stereocenters. The van der Waals surface area contributed by atoms with Crippen molar-refractivity contribution in [1.29, 1.82) is 0 Å². The molecule has 0 atom stereocenters. The smallest absolute Gasteiger partial charge is 0.376 e. The topological polar surface area (TPSA) is 43.4 Å². The molecule has 0 radical (unpaired) electrons. The number of hydrogen-bond acceptors (Lipinski definition) is 3. The van der Waals surface area contributed by atoms with E-state index in [1.807, 2.05) is 43.3 Å². The Balaban J connectivity index is 2.19. The first kappa shape index (κ1) is 12.0. The van der Waals surface area contributed by atoms with Crippen LogP contribution in [0.5, 0.6) is 5.75 Å². The predicted molar refractivity (Wildman–Crippen MR) is 68.3 cm³/mol. The Labute approximate surface area is 105 Å². The van der Waals surface area contributed by atoms with Gasteiger partial charge in [0.1, 0.15) is 5.75 Å². The van der Waals surface area contributed by atoms with Crippen molar-refractivity contribution in [1.82, 2.24) is 0 Å². The molecule has 0 saturated carbocycles. The van der Waals surface area contributed by atoms with Gasteiger partial charge in [-0.05, 0) is 30.2 Å². The fraction of sp³-hybridized carbons (Fsp3) is 0.0667. The lowest BCUT2D eigenvalue weighted by Gasteiger charge is -2.04. The molecule has 0 heterocycles. The maximum absolute atomic E-state index is 10.8. The van der Waals surface area contributed by atoms with E-state index in [1.165, 1.54) is 5.56 Å². The monoisotopic (exact) mass is 240 g/mol. The van der Waals surface area contributed by atoms with Gasteiger partial charge in [0.25, 0.3) is 0 Å². The standard InChI is InChI=1S/C15H12O3/c1-11-2-4-12(5-3-11)13-6-8-14(9-7-13)18-15(17)10-16/h2-10H,1H3. The third kappa shape index (κ3) is 2.83. The summed E-state index contributed by atoms with van der Waals surface area (Å²) in [7, 11) is 0. The van der Waals surface area contributed by atoms with E-state index in [2.05, 4.69) is 0 Å². The molecule has 0 amide bonds. The van der Waals surface area contributed by atoms with Crippen molar-refractivity contribution in [2.24, 2.45) is 0 Å².